The Bertz CT molecular complexity index is 684. The Labute approximate surface area is 142 Å². The third kappa shape index (κ3) is 5.37. The molecule has 0 saturated carbocycles. The topological polar surface area (TPSA) is 94.2 Å². The fourth-order valence-corrected chi connectivity index (χ4v) is 2.72. The monoisotopic (exact) mass is 381 g/mol. The van der Waals surface area contributed by atoms with E-state index < -0.39 is 0 Å². The van der Waals surface area contributed by atoms with E-state index in [0.717, 1.165) is 41.1 Å². The minimum absolute atomic E-state index is 0.114. The number of hydrogen-bond donors (Lipinski definition) is 4. The molecule has 0 saturated heterocycles. The van der Waals surface area contributed by atoms with Crippen molar-refractivity contribution < 1.29 is 14.8 Å². The zero-order chi connectivity index (χ0) is 16.7. The van der Waals surface area contributed by atoms with Gasteiger partial charge in [-0.05, 0) is 37.1 Å². The average molecular weight is 382 g/mol. The summed E-state index contributed by atoms with van der Waals surface area (Å²) in [5, 5.41) is 12.2. The number of benzene rings is 1. The third-order valence-electron chi connectivity index (χ3n) is 3.57. The number of carbonyl (C=O) groups excluding carboxylic acids is 2. The lowest BCUT2D eigenvalue weighted by molar-refractivity contribution is -0.129. The van der Waals surface area contributed by atoms with Gasteiger partial charge in [0.25, 0.3) is 5.91 Å². The molecule has 1 heterocycles. The van der Waals surface area contributed by atoms with Crippen LogP contribution in [0.5, 0.6) is 0 Å². The Morgan fingerprint density at radius 3 is 2.70 bits per heavy atom. The van der Waals surface area contributed by atoms with Crippen LogP contribution >= 0.6 is 15.9 Å². The molecule has 124 valence electrons. The maximum Gasteiger partial charge on any atom is 0.267 e. The number of fused-ring (bicyclic) bond motifs is 1. The number of H-pyrrole nitrogens is 1. The van der Waals surface area contributed by atoms with Crippen LogP contribution in [0.25, 0.3) is 10.9 Å². The summed E-state index contributed by atoms with van der Waals surface area (Å²) in [7, 11) is 0. The minimum atomic E-state index is -0.358. The fourth-order valence-electron chi connectivity index (χ4n) is 2.34. The van der Waals surface area contributed by atoms with Crippen LogP contribution in [0.4, 0.5) is 0 Å². The van der Waals surface area contributed by atoms with Gasteiger partial charge in [0.15, 0.2) is 0 Å². The Balaban J connectivity index is 1.69. The predicted octanol–water partition coefficient (Wildman–Crippen LogP) is 3.12. The summed E-state index contributed by atoms with van der Waals surface area (Å²) in [5.74, 6) is -0.472. The lowest BCUT2D eigenvalue weighted by Gasteiger charge is -2.03. The molecule has 23 heavy (non-hydrogen) atoms. The van der Waals surface area contributed by atoms with Gasteiger partial charge in [0.1, 0.15) is 5.69 Å². The first-order valence-electron chi connectivity index (χ1n) is 7.59. The van der Waals surface area contributed by atoms with Crippen molar-refractivity contribution >= 4 is 38.6 Å². The highest BCUT2D eigenvalue weighted by atomic mass is 79.9. The van der Waals surface area contributed by atoms with Crippen LogP contribution in [0.2, 0.25) is 0 Å². The summed E-state index contributed by atoms with van der Waals surface area (Å²) in [5.41, 5.74) is 3.10. The molecule has 0 aliphatic carbocycles. The number of unbranched alkanes of at least 4 members (excludes halogenated alkanes) is 3. The minimum Gasteiger partial charge on any atom is -0.351 e. The van der Waals surface area contributed by atoms with Crippen molar-refractivity contribution in [2.75, 3.05) is 6.54 Å². The zero-order valence-electron chi connectivity index (χ0n) is 12.7. The van der Waals surface area contributed by atoms with Crippen molar-refractivity contribution in [3.8, 4) is 0 Å². The normalized spacial score (nSPS) is 10.7. The van der Waals surface area contributed by atoms with Gasteiger partial charge < -0.3 is 10.3 Å². The van der Waals surface area contributed by atoms with Crippen molar-refractivity contribution in [1.29, 1.82) is 0 Å². The Hall–Kier alpha value is -1.86. The molecule has 7 heteroatoms. The van der Waals surface area contributed by atoms with E-state index in [0.29, 0.717) is 18.7 Å². The van der Waals surface area contributed by atoms with Crippen molar-refractivity contribution in [1.82, 2.24) is 15.8 Å². The number of halogens is 1. The van der Waals surface area contributed by atoms with Gasteiger partial charge in [0.05, 0.1) is 0 Å². The maximum atomic E-state index is 12.1. The Morgan fingerprint density at radius 1 is 1.13 bits per heavy atom. The molecule has 0 atom stereocenters. The van der Waals surface area contributed by atoms with Gasteiger partial charge in [-0.2, -0.15) is 0 Å². The predicted molar refractivity (Wildman–Crippen MR) is 91.3 cm³/mol. The average Bonchev–Trinajstić information content (AvgIpc) is 2.96. The summed E-state index contributed by atoms with van der Waals surface area (Å²) in [6.45, 7) is 0.601. The SMILES string of the molecule is O=C(CCCCCCNC(=O)c1cc2cc(Br)ccc2[nH]1)NO. The number of hydroxylamine groups is 1. The van der Waals surface area contributed by atoms with Gasteiger partial charge in [-0.15, -0.1) is 0 Å². The molecule has 4 N–H and O–H groups in total. The summed E-state index contributed by atoms with van der Waals surface area (Å²) in [6, 6.07) is 7.66. The highest BCUT2D eigenvalue weighted by Gasteiger charge is 2.09. The van der Waals surface area contributed by atoms with Crippen molar-refractivity contribution in [2.45, 2.75) is 32.1 Å². The lowest BCUT2D eigenvalue weighted by Crippen LogP contribution is -2.24. The molecule has 0 radical (unpaired) electrons. The first-order chi connectivity index (χ1) is 11.1. The van der Waals surface area contributed by atoms with Crippen molar-refractivity contribution in [3.05, 3.63) is 34.4 Å². The molecule has 1 aromatic carbocycles. The summed E-state index contributed by atoms with van der Waals surface area (Å²) >= 11 is 3.41. The summed E-state index contributed by atoms with van der Waals surface area (Å²) in [4.78, 5) is 26.0. The van der Waals surface area contributed by atoms with Crippen LogP contribution in [0.3, 0.4) is 0 Å². The Kier molecular flexibility index (Phi) is 6.61. The lowest BCUT2D eigenvalue weighted by atomic mass is 10.1. The first-order valence-corrected chi connectivity index (χ1v) is 8.39. The van der Waals surface area contributed by atoms with Crippen molar-refractivity contribution in [2.24, 2.45) is 0 Å². The van der Waals surface area contributed by atoms with E-state index in [1.165, 1.54) is 0 Å². The summed E-state index contributed by atoms with van der Waals surface area (Å²) < 4.78 is 0.978. The second-order valence-electron chi connectivity index (χ2n) is 5.37. The molecule has 0 aliphatic heterocycles. The van der Waals surface area contributed by atoms with Crippen LogP contribution in [0.1, 0.15) is 42.6 Å². The second-order valence-corrected chi connectivity index (χ2v) is 6.29. The maximum absolute atomic E-state index is 12.1. The fraction of sp³-hybridized carbons (Fsp3) is 0.375. The highest BCUT2D eigenvalue weighted by molar-refractivity contribution is 9.10. The van der Waals surface area contributed by atoms with Crippen LogP contribution in [0, 0.1) is 0 Å². The van der Waals surface area contributed by atoms with Gasteiger partial charge in [-0.25, -0.2) is 5.48 Å². The number of nitrogens with one attached hydrogen (secondary N) is 3. The van der Waals surface area contributed by atoms with E-state index in [2.05, 4.69) is 26.2 Å². The first kappa shape index (κ1) is 17.5. The second kappa shape index (κ2) is 8.69. The molecule has 0 unspecified atom stereocenters. The van der Waals surface area contributed by atoms with Crippen LogP contribution in [-0.2, 0) is 4.79 Å². The number of rotatable bonds is 8. The molecule has 6 nitrogen and oxygen atoms in total. The number of carbonyl (C=O) groups is 2. The third-order valence-corrected chi connectivity index (χ3v) is 4.06. The molecule has 0 spiro atoms. The number of aromatic amines is 1. The molecule has 0 aliphatic rings. The van der Waals surface area contributed by atoms with Crippen molar-refractivity contribution in [3.63, 3.8) is 0 Å². The Morgan fingerprint density at radius 2 is 1.91 bits per heavy atom. The van der Waals surface area contributed by atoms with Gasteiger partial charge in [0.2, 0.25) is 5.91 Å². The van der Waals surface area contributed by atoms with Gasteiger partial charge in [-0.1, -0.05) is 28.8 Å². The van der Waals surface area contributed by atoms with Crippen LogP contribution in [0.15, 0.2) is 28.7 Å². The molecule has 2 amide bonds. The zero-order valence-corrected chi connectivity index (χ0v) is 14.3. The van der Waals surface area contributed by atoms with E-state index in [9.17, 15) is 9.59 Å². The highest BCUT2D eigenvalue weighted by Crippen LogP contribution is 2.20. The molecule has 1 aromatic heterocycles. The standard InChI is InChI=1S/C16H20BrN3O3/c17-12-6-7-13-11(9-12)10-14(19-13)16(22)18-8-4-2-1-3-5-15(21)20-23/h6-7,9-10,19,23H,1-5,8H2,(H,18,22)(H,20,21). The van der Waals surface area contributed by atoms with E-state index >= 15 is 0 Å². The quantitative estimate of drug-likeness (QED) is 0.321. The van der Waals surface area contributed by atoms with Gasteiger partial charge >= 0.3 is 0 Å². The molecule has 0 fully saturated rings. The number of amides is 2. The van der Waals surface area contributed by atoms with E-state index in [4.69, 9.17) is 5.21 Å². The van der Waals surface area contributed by atoms with Gasteiger partial charge in [0, 0.05) is 28.3 Å². The molecular formula is C16H20BrN3O3. The smallest absolute Gasteiger partial charge is 0.267 e. The summed E-state index contributed by atoms with van der Waals surface area (Å²) in [6.07, 6.45) is 3.74. The van der Waals surface area contributed by atoms with Crippen LogP contribution in [-0.4, -0.2) is 28.6 Å². The van der Waals surface area contributed by atoms with Gasteiger partial charge in [-0.3, -0.25) is 14.8 Å². The number of hydrogen-bond acceptors (Lipinski definition) is 3. The van der Waals surface area contributed by atoms with E-state index in [1.54, 1.807) is 5.48 Å². The molecule has 0 bridgehead atoms. The van der Waals surface area contributed by atoms with E-state index in [1.807, 2.05) is 24.3 Å². The molecular weight excluding hydrogens is 362 g/mol. The molecule has 2 rings (SSSR count). The van der Waals surface area contributed by atoms with E-state index in [-0.39, 0.29) is 11.8 Å². The number of aromatic nitrogens is 1. The van der Waals surface area contributed by atoms with Crippen LogP contribution < -0.4 is 10.8 Å². The largest absolute Gasteiger partial charge is 0.351 e. The molecule has 2 aromatic rings.